The van der Waals surface area contributed by atoms with Crippen LogP contribution < -0.4 is 11.1 Å². The van der Waals surface area contributed by atoms with Gasteiger partial charge in [-0.2, -0.15) is 0 Å². The minimum absolute atomic E-state index is 0.0621. The van der Waals surface area contributed by atoms with Gasteiger partial charge in [0.1, 0.15) is 5.41 Å². The molecule has 2 rings (SSSR count). The Hall–Kier alpha value is -0.910. The number of rotatable bonds is 3. The van der Waals surface area contributed by atoms with Crippen LogP contribution in [0, 0.1) is 12.3 Å². The van der Waals surface area contributed by atoms with Gasteiger partial charge >= 0.3 is 0 Å². The van der Waals surface area contributed by atoms with Crippen LogP contribution in [-0.4, -0.2) is 25.7 Å². The summed E-state index contributed by atoms with van der Waals surface area (Å²) >= 11 is 3.42. The number of nitrogens with two attached hydrogens (primary N) is 1. The Bertz CT molecular complexity index is 439. The van der Waals surface area contributed by atoms with E-state index < -0.39 is 5.41 Å². The maximum Gasteiger partial charge on any atom is 0.236 e. The molecule has 0 spiro atoms. The number of aryl methyl sites for hydroxylation is 1. The summed E-state index contributed by atoms with van der Waals surface area (Å²) in [7, 11) is 0. The van der Waals surface area contributed by atoms with E-state index in [1.807, 2.05) is 25.1 Å². The van der Waals surface area contributed by atoms with Crippen molar-refractivity contribution in [1.82, 2.24) is 0 Å². The summed E-state index contributed by atoms with van der Waals surface area (Å²) in [5.74, 6) is -0.0621. The van der Waals surface area contributed by atoms with Crippen LogP contribution in [0.4, 0.5) is 5.69 Å². The fourth-order valence-corrected chi connectivity index (χ4v) is 1.92. The zero-order valence-electron chi connectivity index (χ0n) is 9.63. The van der Waals surface area contributed by atoms with Gasteiger partial charge in [0.05, 0.1) is 13.2 Å². The molecule has 92 valence electrons. The first-order valence-corrected chi connectivity index (χ1v) is 6.22. The van der Waals surface area contributed by atoms with Crippen LogP contribution in [0.25, 0.3) is 0 Å². The Balaban J connectivity index is 2.10. The second kappa shape index (κ2) is 4.76. The van der Waals surface area contributed by atoms with Gasteiger partial charge in [-0.05, 0) is 30.7 Å². The molecule has 1 aromatic carbocycles. The van der Waals surface area contributed by atoms with Crippen molar-refractivity contribution in [3.63, 3.8) is 0 Å². The Morgan fingerprint density at radius 2 is 2.29 bits per heavy atom. The van der Waals surface area contributed by atoms with Crippen molar-refractivity contribution in [2.45, 2.75) is 6.92 Å². The molecule has 0 aliphatic carbocycles. The van der Waals surface area contributed by atoms with Gasteiger partial charge in [0.15, 0.2) is 0 Å². The standard InChI is InChI=1S/C12H15BrN2O2/c1-8-4-9(2-3-10(8)13)15-11(16)12(5-14)6-17-7-12/h2-4H,5-7,14H2,1H3,(H,15,16). The van der Waals surface area contributed by atoms with Crippen LogP contribution in [0.15, 0.2) is 22.7 Å². The summed E-state index contributed by atoms with van der Waals surface area (Å²) < 4.78 is 6.11. The largest absolute Gasteiger partial charge is 0.379 e. The average Bonchev–Trinajstić information content (AvgIpc) is 2.23. The minimum Gasteiger partial charge on any atom is -0.379 e. The zero-order valence-corrected chi connectivity index (χ0v) is 11.2. The lowest BCUT2D eigenvalue weighted by atomic mass is 9.85. The lowest BCUT2D eigenvalue weighted by Gasteiger charge is -2.38. The number of ether oxygens (including phenoxy) is 1. The molecule has 1 heterocycles. The van der Waals surface area contributed by atoms with Crippen LogP contribution in [0.5, 0.6) is 0 Å². The predicted molar refractivity (Wildman–Crippen MR) is 69.8 cm³/mol. The van der Waals surface area contributed by atoms with E-state index in [2.05, 4.69) is 21.2 Å². The van der Waals surface area contributed by atoms with E-state index >= 15 is 0 Å². The van der Waals surface area contributed by atoms with E-state index in [9.17, 15) is 4.79 Å². The molecule has 3 N–H and O–H groups in total. The normalized spacial score (nSPS) is 17.4. The summed E-state index contributed by atoms with van der Waals surface area (Å²) in [6, 6.07) is 5.70. The number of amides is 1. The molecule has 17 heavy (non-hydrogen) atoms. The Labute approximate surface area is 109 Å². The molecule has 1 saturated heterocycles. The molecule has 0 atom stereocenters. The van der Waals surface area contributed by atoms with Crippen LogP contribution >= 0.6 is 15.9 Å². The van der Waals surface area contributed by atoms with E-state index in [1.54, 1.807) is 0 Å². The van der Waals surface area contributed by atoms with Crippen molar-refractivity contribution in [2.75, 3.05) is 25.1 Å². The second-order valence-corrected chi connectivity index (χ2v) is 5.25. The third-order valence-corrected chi connectivity index (χ3v) is 3.93. The third kappa shape index (κ3) is 2.36. The van der Waals surface area contributed by atoms with E-state index in [-0.39, 0.29) is 5.91 Å². The number of carbonyl (C=O) groups excluding carboxylic acids is 1. The zero-order chi connectivity index (χ0) is 12.5. The molecule has 4 nitrogen and oxygen atoms in total. The molecule has 1 amide bonds. The van der Waals surface area contributed by atoms with Crippen molar-refractivity contribution in [3.05, 3.63) is 28.2 Å². The molecule has 1 aliphatic heterocycles. The molecule has 0 unspecified atom stereocenters. The maximum absolute atomic E-state index is 12.1. The molecule has 1 aliphatic rings. The Kier molecular flexibility index (Phi) is 3.51. The number of benzene rings is 1. The van der Waals surface area contributed by atoms with Gasteiger partial charge in [0.2, 0.25) is 5.91 Å². The Morgan fingerprint density at radius 3 is 2.76 bits per heavy atom. The fraction of sp³-hybridized carbons (Fsp3) is 0.417. The first kappa shape index (κ1) is 12.5. The molecule has 0 bridgehead atoms. The fourth-order valence-electron chi connectivity index (χ4n) is 1.68. The van der Waals surface area contributed by atoms with Crippen LogP contribution in [0.2, 0.25) is 0 Å². The summed E-state index contributed by atoms with van der Waals surface area (Å²) in [5, 5.41) is 2.88. The lowest BCUT2D eigenvalue weighted by molar-refractivity contribution is -0.153. The minimum atomic E-state index is -0.541. The van der Waals surface area contributed by atoms with Crippen LogP contribution in [0.1, 0.15) is 5.56 Å². The van der Waals surface area contributed by atoms with Gasteiger partial charge in [0.25, 0.3) is 0 Å². The highest BCUT2D eigenvalue weighted by molar-refractivity contribution is 9.10. The molecular weight excluding hydrogens is 284 g/mol. The quantitative estimate of drug-likeness (QED) is 0.892. The smallest absolute Gasteiger partial charge is 0.236 e. The van der Waals surface area contributed by atoms with Gasteiger partial charge in [-0.3, -0.25) is 4.79 Å². The molecule has 0 radical (unpaired) electrons. The first-order chi connectivity index (χ1) is 8.07. The molecular formula is C12H15BrN2O2. The van der Waals surface area contributed by atoms with Crippen molar-refractivity contribution >= 4 is 27.5 Å². The van der Waals surface area contributed by atoms with Crippen molar-refractivity contribution in [2.24, 2.45) is 11.1 Å². The number of hydrogen-bond donors (Lipinski definition) is 2. The molecule has 5 heteroatoms. The van der Waals surface area contributed by atoms with Gasteiger partial charge < -0.3 is 15.8 Å². The van der Waals surface area contributed by atoms with E-state index in [4.69, 9.17) is 10.5 Å². The van der Waals surface area contributed by atoms with Crippen molar-refractivity contribution in [1.29, 1.82) is 0 Å². The van der Waals surface area contributed by atoms with Crippen LogP contribution in [0.3, 0.4) is 0 Å². The molecule has 1 fully saturated rings. The lowest BCUT2D eigenvalue weighted by Crippen LogP contribution is -2.56. The second-order valence-electron chi connectivity index (χ2n) is 4.40. The van der Waals surface area contributed by atoms with Gasteiger partial charge in [-0.25, -0.2) is 0 Å². The summed E-state index contributed by atoms with van der Waals surface area (Å²) in [6.07, 6.45) is 0. The van der Waals surface area contributed by atoms with E-state index in [0.29, 0.717) is 19.8 Å². The highest BCUT2D eigenvalue weighted by atomic mass is 79.9. The number of anilines is 1. The van der Waals surface area contributed by atoms with Gasteiger partial charge in [-0.1, -0.05) is 15.9 Å². The topological polar surface area (TPSA) is 64.4 Å². The molecule has 1 aromatic rings. The summed E-state index contributed by atoms with van der Waals surface area (Å²) in [5.41, 5.74) is 6.95. The van der Waals surface area contributed by atoms with E-state index in [1.165, 1.54) is 0 Å². The summed E-state index contributed by atoms with van der Waals surface area (Å²) in [6.45, 7) is 3.11. The summed E-state index contributed by atoms with van der Waals surface area (Å²) in [4.78, 5) is 12.1. The average molecular weight is 299 g/mol. The van der Waals surface area contributed by atoms with Gasteiger partial charge in [0, 0.05) is 16.7 Å². The third-order valence-electron chi connectivity index (χ3n) is 3.04. The molecule has 0 saturated carbocycles. The highest BCUT2D eigenvalue weighted by Gasteiger charge is 2.44. The van der Waals surface area contributed by atoms with Gasteiger partial charge in [-0.15, -0.1) is 0 Å². The van der Waals surface area contributed by atoms with Crippen molar-refractivity contribution in [3.8, 4) is 0 Å². The monoisotopic (exact) mass is 298 g/mol. The number of hydrogen-bond acceptors (Lipinski definition) is 3. The number of nitrogens with one attached hydrogen (secondary N) is 1. The predicted octanol–water partition coefficient (Wildman–Crippen LogP) is 1.67. The van der Waals surface area contributed by atoms with Crippen LogP contribution in [-0.2, 0) is 9.53 Å². The Morgan fingerprint density at radius 1 is 1.59 bits per heavy atom. The maximum atomic E-state index is 12.1. The SMILES string of the molecule is Cc1cc(NC(=O)C2(CN)COC2)ccc1Br. The number of carbonyl (C=O) groups is 1. The highest BCUT2D eigenvalue weighted by Crippen LogP contribution is 2.28. The van der Waals surface area contributed by atoms with Crippen molar-refractivity contribution < 1.29 is 9.53 Å². The molecule has 0 aromatic heterocycles. The first-order valence-electron chi connectivity index (χ1n) is 5.43. The van der Waals surface area contributed by atoms with E-state index in [0.717, 1.165) is 15.7 Å². The number of halogens is 1.